The summed E-state index contributed by atoms with van der Waals surface area (Å²) in [5, 5.41) is 3.26. The van der Waals surface area contributed by atoms with Crippen molar-refractivity contribution in [2.45, 2.75) is 13.5 Å². The monoisotopic (exact) mass is 485 g/mol. The number of halogens is 1. The fourth-order valence-electron chi connectivity index (χ4n) is 3.56. The summed E-state index contributed by atoms with van der Waals surface area (Å²) in [5.74, 6) is 0.770. The van der Waals surface area contributed by atoms with Gasteiger partial charge in [0.05, 0.1) is 12.3 Å². The van der Waals surface area contributed by atoms with Crippen LogP contribution in [0.5, 0.6) is 11.5 Å². The Kier molecular flexibility index (Phi) is 7.81. The van der Waals surface area contributed by atoms with E-state index in [0.717, 1.165) is 11.3 Å². The summed E-state index contributed by atoms with van der Waals surface area (Å²) in [4.78, 5) is 26.3. The molecule has 6 heteroatoms. The van der Waals surface area contributed by atoms with Gasteiger partial charge in [0.1, 0.15) is 18.1 Å². The molecule has 176 valence electrons. The van der Waals surface area contributed by atoms with Crippen molar-refractivity contribution in [2.75, 3.05) is 11.9 Å². The highest BCUT2D eigenvalue weighted by molar-refractivity contribution is 6.31. The van der Waals surface area contributed by atoms with Gasteiger partial charge >= 0.3 is 0 Å². The van der Waals surface area contributed by atoms with Crippen LogP contribution in [0.25, 0.3) is 0 Å². The number of hydrogen-bond donors (Lipinski definition) is 1. The first-order valence-corrected chi connectivity index (χ1v) is 11.6. The van der Waals surface area contributed by atoms with E-state index in [2.05, 4.69) is 5.32 Å². The highest BCUT2D eigenvalue weighted by Crippen LogP contribution is 2.26. The van der Waals surface area contributed by atoms with Crippen LogP contribution in [0.15, 0.2) is 97.1 Å². The van der Waals surface area contributed by atoms with Crippen molar-refractivity contribution in [2.24, 2.45) is 0 Å². The lowest BCUT2D eigenvalue weighted by Crippen LogP contribution is -2.16. The number of hydrogen-bond acceptors (Lipinski definition) is 4. The molecule has 0 bridgehead atoms. The third kappa shape index (κ3) is 6.08. The van der Waals surface area contributed by atoms with Crippen LogP contribution in [0.4, 0.5) is 5.69 Å². The molecule has 0 atom stereocenters. The molecule has 0 radical (unpaired) electrons. The summed E-state index contributed by atoms with van der Waals surface area (Å²) in [6.45, 7) is 2.62. The Morgan fingerprint density at radius 1 is 0.800 bits per heavy atom. The molecule has 0 fully saturated rings. The van der Waals surface area contributed by atoms with Gasteiger partial charge in [-0.2, -0.15) is 0 Å². The van der Waals surface area contributed by atoms with E-state index in [1.54, 1.807) is 60.7 Å². The van der Waals surface area contributed by atoms with Crippen LogP contribution in [0, 0.1) is 0 Å². The molecule has 4 aromatic carbocycles. The number of para-hydroxylation sites is 1. The summed E-state index contributed by atoms with van der Waals surface area (Å²) in [7, 11) is 0. The fraction of sp³-hybridized carbons (Fsp3) is 0.103. The molecule has 0 aliphatic rings. The van der Waals surface area contributed by atoms with Gasteiger partial charge in [-0.3, -0.25) is 9.59 Å². The molecule has 4 rings (SSSR count). The van der Waals surface area contributed by atoms with Gasteiger partial charge in [-0.25, -0.2) is 0 Å². The Hall–Kier alpha value is -4.09. The van der Waals surface area contributed by atoms with Gasteiger partial charge in [-0.05, 0) is 55.5 Å². The van der Waals surface area contributed by atoms with Crippen LogP contribution in [-0.4, -0.2) is 18.3 Å². The van der Waals surface area contributed by atoms with Gasteiger partial charge in [0, 0.05) is 27.3 Å². The topological polar surface area (TPSA) is 64.6 Å². The number of benzene rings is 4. The summed E-state index contributed by atoms with van der Waals surface area (Å²) in [6, 6.07) is 28.3. The Morgan fingerprint density at radius 3 is 2.23 bits per heavy atom. The van der Waals surface area contributed by atoms with E-state index in [0.29, 0.717) is 39.8 Å². The predicted octanol–water partition coefficient (Wildman–Crippen LogP) is 6.80. The molecule has 0 spiro atoms. The summed E-state index contributed by atoms with van der Waals surface area (Å²) in [5.41, 5.74) is 2.35. The van der Waals surface area contributed by atoms with E-state index in [-0.39, 0.29) is 18.3 Å². The van der Waals surface area contributed by atoms with Crippen LogP contribution in [-0.2, 0) is 6.61 Å². The number of ether oxygens (including phenoxy) is 2. The number of carbonyl (C=O) groups is 2. The average Bonchev–Trinajstić information content (AvgIpc) is 2.90. The Balaban J connectivity index is 1.58. The lowest BCUT2D eigenvalue weighted by molar-refractivity contribution is 0.102. The number of rotatable bonds is 9. The maximum Gasteiger partial charge on any atom is 0.255 e. The molecule has 5 nitrogen and oxygen atoms in total. The molecule has 0 saturated heterocycles. The van der Waals surface area contributed by atoms with E-state index in [1.165, 1.54) is 0 Å². The van der Waals surface area contributed by atoms with Gasteiger partial charge in [-0.1, -0.05) is 60.1 Å². The first-order chi connectivity index (χ1) is 17.0. The number of carbonyl (C=O) groups excluding carboxylic acids is 2. The predicted molar refractivity (Wildman–Crippen MR) is 138 cm³/mol. The van der Waals surface area contributed by atoms with Gasteiger partial charge in [0.15, 0.2) is 5.78 Å². The second-order valence-electron chi connectivity index (χ2n) is 7.70. The number of nitrogens with one attached hydrogen (secondary N) is 1. The zero-order chi connectivity index (χ0) is 24.6. The molecule has 0 heterocycles. The van der Waals surface area contributed by atoms with Crippen molar-refractivity contribution in [3.63, 3.8) is 0 Å². The van der Waals surface area contributed by atoms with Gasteiger partial charge in [-0.15, -0.1) is 0 Å². The largest absolute Gasteiger partial charge is 0.493 e. The highest BCUT2D eigenvalue weighted by Gasteiger charge is 2.18. The average molecular weight is 486 g/mol. The zero-order valence-electron chi connectivity index (χ0n) is 19.2. The summed E-state index contributed by atoms with van der Waals surface area (Å²) >= 11 is 6.16. The van der Waals surface area contributed by atoms with E-state index >= 15 is 0 Å². The van der Waals surface area contributed by atoms with Crippen molar-refractivity contribution in [3.8, 4) is 11.5 Å². The van der Waals surface area contributed by atoms with E-state index < -0.39 is 0 Å². The van der Waals surface area contributed by atoms with Gasteiger partial charge in [0.2, 0.25) is 0 Å². The highest BCUT2D eigenvalue weighted by atomic mass is 35.5. The standard InChI is InChI=1S/C29H24ClNO4/c1-2-34-27-16-13-21(17-22(27)19-35-24-11-7-4-8-12-24)29(33)31-26-15-14-23(30)18-25(26)28(32)20-9-5-3-6-10-20/h3-18H,2,19H2,1H3,(H,31,33). The molecule has 1 N–H and O–H groups in total. The molecule has 0 aliphatic heterocycles. The van der Waals surface area contributed by atoms with Crippen molar-refractivity contribution in [3.05, 3.63) is 124 Å². The Labute approximate surface area is 209 Å². The zero-order valence-corrected chi connectivity index (χ0v) is 19.9. The van der Waals surface area contributed by atoms with Crippen LogP contribution >= 0.6 is 11.6 Å². The molecule has 0 aliphatic carbocycles. The number of ketones is 1. The minimum atomic E-state index is -0.363. The molecule has 0 aromatic heterocycles. The van der Waals surface area contributed by atoms with Crippen LogP contribution < -0.4 is 14.8 Å². The van der Waals surface area contributed by atoms with E-state index in [9.17, 15) is 9.59 Å². The van der Waals surface area contributed by atoms with E-state index in [1.807, 2.05) is 43.3 Å². The first-order valence-electron chi connectivity index (χ1n) is 11.2. The normalized spacial score (nSPS) is 10.5. The SMILES string of the molecule is CCOc1ccc(C(=O)Nc2ccc(Cl)cc2C(=O)c2ccccc2)cc1COc1ccccc1. The van der Waals surface area contributed by atoms with Crippen molar-refractivity contribution < 1.29 is 19.1 Å². The quantitative estimate of drug-likeness (QED) is 0.265. The number of amides is 1. The third-order valence-corrected chi connectivity index (χ3v) is 5.51. The summed E-state index contributed by atoms with van der Waals surface area (Å²) in [6.07, 6.45) is 0. The van der Waals surface area contributed by atoms with Gasteiger partial charge < -0.3 is 14.8 Å². The van der Waals surface area contributed by atoms with Gasteiger partial charge in [0.25, 0.3) is 5.91 Å². The van der Waals surface area contributed by atoms with Crippen molar-refractivity contribution >= 4 is 29.0 Å². The lowest BCUT2D eigenvalue weighted by atomic mass is 10.0. The molecule has 1 amide bonds. The molecular formula is C29H24ClNO4. The Morgan fingerprint density at radius 2 is 1.51 bits per heavy atom. The lowest BCUT2D eigenvalue weighted by Gasteiger charge is -2.14. The summed E-state index contributed by atoms with van der Waals surface area (Å²) < 4.78 is 11.6. The maximum absolute atomic E-state index is 13.2. The van der Waals surface area contributed by atoms with Crippen LogP contribution in [0.3, 0.4) is 0 Å². The molecule has 35 heavy (non-hydrogen) atoms. The maximum atomic E-state index is 13.2. The molecular weight excluding hydrogens is 462 g/mol. The first kappa shape index (κ1) is 24.0. The smallest absolute Gasteiger partial charge is 0.255 e. The molecule has 4 aromatic rings. The Bertz CT molecular complexity index is 1320. The third-order valence-electron chi connectivity index (χ3n) is 5.27. The molecule has 0 saturated carbocycles. The molecule has 0 unspecified atom stereocenters. The van der Waals surface area contributed by atoms with E-state index in [4.69, 9.17) is 21.1 Å². The van der Waals surface area contributed by atoms with Crippen molar-refractivity contribution in [1.82, 2.24) is 0 Å². The van der Waals surface area contributed by atoms with Crippen molar-refractivity contribution in [1.29, 1.82) is 0 Å². The number of anilines is 1. The minimum absolute atomic E-state index is 0.230. The van der Waals surface area contributed by atoms with Crippen LogP contribution in [0.1, 0.15) is 38.8 Å². The fourth-order valence-corrected chi connectivity index (χ4v) is 3.73. The second kappa shape index (κ2) is 11.4. The second-order valence-corrected chi connectivity index (χ2v) is 8.13. The van der Waals surface area contributed by atoms with Crippen LogP contribution in [0.2, 0.25) is 5.02 Å². The minimum Gasteiger partial charge on any atom is -0.493 e.